The van der Waals surface area contributed by atoms with Gasteiger partial charge in [0, 0.05) is 6.42 Å². The number of hydrogen-bond donors (Lipinski definition) is 9. The van der Waals surface area contributed by atoms with Gasteiger partial charge >= 0.3 is 0 Å². The van der Waals surface area contributed by atoms with Crippen molar-refractivity contribution in [1.29, 1.82) is 0 Å². The number of nitrogens with one attached hydrogen (secondary N) is 1. The third-order valence-corrected chi connectivity index (χ3v) is 16.9. The normalized spacial score (nSPS) is 23.9. The molecule has 14 nitrogen and oxygen atoms in total. The molecule has 0 aliphatic carbocycles. The number of carbonyl (C=O) groups is 1. The Morgan fingerprint density at radius 1 is 0.424 bits per heavy atom. The Hall–Kier alpha value is -2.31. The van der Waals surface area contributed by atoms with Gasteiger partial charge in [-0.3, -0.25) is 4.79 Å². The van der Waals surface area contributed by atoms with Crippen LogP contribution in [0.3, 0.4) is 0 Å². The molecule has 12 atom stereocenters. The lowest BCUT2D eigenvalue weighted by Crippen LogP contribution is -2.65. The fourth-order valence-electron chi connectivity index (χ4n) is 11.3. The van der Waals surface area contributed by atoms with E-state index in [4.69, 9.17) is 18.9 Å². The molecule has 0 aromatic rings. The second kappa shape index (κ2) is 55.7. The topological polar surface area (TPSA) is 228 Å². The molecule has 0 saturated carbocycles. The van der Waals surface area contributed by atoms with Crippen molar-refractivity contribution in [3.63, 3.8) is 0 Å². The first kappa shape index (κ1) is 78.8. The van der Waals surface area contributed by atoms with E-state index in [-0.39, 0.29) is 18.9 Å². The summed E-state index contributed by atoms with van der Waals surface area (Å²) in [5.74, 6) is -0.251. The lowest BCUT2D eigenvalue weighted by molar-refractivity contribution is -0.359. The van der Waals surface area contributed by atoms with Crippen LogP contribution in [0.4, 0.5) is 0 Å². The molecule has 2 heterocycles. The zero-order valence-electron chi connectivity index (χ0n) is 53.8. The monoisotopic (exact) mass is 1200 g/mol. The van der Waals surface area contributed by atoms with Crippen LogP contribution in [0.5, 0.6) is 0 Å². The molecule has 2 aliphatic heterocycles. The van der Waals surface area contributed by atoms with Crippen molar-refractivity contribution in [1.82, 2.24) is 5.32 Å². The largest absolute Gasteiger partial charge is 0.394 e. The minimum atomic E-state index is -1.79. The van der Waals surface area contributed by atoms with E-state index in [2.05, 4.69) is 67.8 Å². The minimum Gasteiger partial charge on any atom is -0.394 e. The molecule has 0 aromatic carbocycles. The standard InChI is InChI=1S/C71H129NO13/c1-3-5-7-9-11-13-15-17-19-20-21-22-23-24-25-26-27-28-29-30-31-32-33-34-35-36-37-38-39-40-41-43-45-47-49-51-53-55-63(76)72-59(60(75)54-52-50-48-46-44-42-18-16-14-12-10-8-6-4-2)58-82-70-68(81)66(79)69(62(57-74)84-70)85-71-67(80)65(78)64(77)61(56-73)83-71/h14-17,20-21,44,46,52,54,59-62,64-71,73-75,77-81H,3-13,18-19,22-43,45,47-51,53,55-58H2,1-2H3,(H,72,76)/b16-14+,17-15-,21-20-,46-44+,54-52+. The number of amides is 1. The molecule has 0 radical (unpaired) electrons. The molecular weight excluding hydrogens is 1070 g/mol. The predicted octanol–water partition coefficient (Wildman–Crippen LogP) is 14.1. The van der Waals surface area contributed by atoms with Gasteiger partial charge in [-0.2, -0.15) is 0 Å². The molecular formula is C71H129NO13. The van der Waals surface area contributed by atoms with Crippen molar-refractivity contribution in [2.75, 3.05) is 19.8 Å². The predicted molar refractivity (Wildman–Crippen MR) is 346 cm³/mol. The van der Waals surface area contributed by atoms with E-state index >= 15 is 0 Å². The van der Waals surface area contributed by atoms with Crippen LogP contribution < -0.4 is 5.32 Å². The van der Waals surface area contributed by atoms with E-state index in [0.29, 0.717) is 12.8 Å². The highest BCUT2D eigenvalue weighted by Gasteiger charge is 2.51. The quantitative estimate of drug-likeness (QED) is 0.0204. The number of aliphatic hydroxyl groups excluding tert-OH is 8. The maximum atomic E-state index is 13.3. The number of rotatable bonds is 57. The van der Waals surface area contributed by atoms with Gasteiger partial charge in [0.05, 0.1) is 32.0 Å². The summed E-state index contributed by atoms with van der Waals surface area (Å²) < 4.78 is 22.8. The van der Waals surface area contributed by atoms with Gasteiger partial charge in [0.2, 0.25) is 5.91 Å². The smallest absolute Gasteiger partial charge is 0.220 e. The van der Waals surface area contributed by atoms with Crippen LogP contribution in [0.15, 0.2) is 60.8 Å². The van der Waals surface area contributed by atoms with Gasteiger partial charge in [-0.25, -0.2) is 0 Å². The van der Waals surface area contributed by atoms with Crippen molar-refractivity contribution < 1.29 is 64.6 Å². The van der Waals surface area contributed by atoms with Gasteiger partial charge in [0.15, 0.2) is 12.6 Å². The summed E-state index contributed by atoms with van der Waals surface area (Å²) in [6.45, 7) is 2.75. The molecule has 2 rings (SSSR count). The molecule has 12 unspecified atom stereocenters. The average molecular weight is 1200 g/mol. The molecule has 14 heteroatoms. The molecule has 496 valence electrons. The first-order valence-corrected chi connectivity index (χ1v) is 35.0. The van der Waals surface area contributed by atoms with E-state index in [1.807, 2.05) is 6.08 Å². The van der Waals surface area contributed by atoms with Crippen molar-refractivity contribution in [3.05, 3.63) is 60.8 Å². The second-order valence-corrected chi connectivity index (χ2v) is 24.6. The SMILES string of the molecule is CCCCCC/C=C/CC/C=C/CC/C=C/C(O)C(COC1OC(CO)C(OC2OC(CO)C(O)C(O)C2O)C(O)C1O)NC(=O)CCCCCCCCCCCCCCCCCCCCCCCCCCC/C=C\C/C=C\CCCCCCC. The van der Waals surface area contributed by atoms with Crippen LogP contribution >= 0.6 is 0 Å². The summed E-state index contributed by atoms with van der Waals surface area (Å²) in [7, 11) is 0. The summed E-state index contributed by atoms with van der Waals surface area (Å²) in [6.07, 6.45) is 57.4. The molecule has 2 fully saturated rings. The molecule has 1 amide bonds. The average Bonchev–Trinajstić information content (AvgIpc) is 3.64. The number of aliphatic hydroxyl groups is 8. The van der Waals surface area contributed by atoms with E-state index in [1.54, 1.807) is 6.08 Å². The third kappa shape index (κ3) is 40.1. The van der Waals surface area contributed by atoms with Crippen molar-refractivity contribution in [2.45, 2.75) is 364 Å². The van der Waals surface area contributed by atoms with Gasteiger partial charge in [-0.15, -0.1) is 0 Å². The van der Waals surface area contributed by atoms with Crippen LogP contribution in [0.1, 0.15) is 290 Å². The molecule has 2 aliphatic rings. The number of allylic oxidation sites excluding steroid dienone is 9. The molecule has 2 saturated heterocycles. The fourth-order valence-corrected chi connectivity index (χ4v) is 11.3. The molecule has 0 spiro atoms. The zero-order valence-corrected chi connectivity index (χ0v) is 53.8. The molecule has 85 heavy (non-hydrogen) atoms. The number of unbranched alkanes of at least 4 members (excludes halogenated alkanes) is 36. The summed E-state index contributed by atoms with van der Waals surface area (Å²) >= 11 is 0. The molecule has 9 N–H and O–H groups in total. The Morgan fingerprint density at radius 2 is 0.788 bits per heavy atom. The van der Waals surface area contributed by atoms with E-state index in [1.165, 1.54) is 205 Å². The molecule has 0 bridgehead atoms. The lowest BCUT2D eigenvalue weighted by Gasteiger charge is -2.46. The van der Waals surface area contributed by atoms with Gasteiger partial charge < -0.3 is 65.1 Å². The highest BCUT2D eigenvalue weighted by molar-refractivity contribution is 5.76. The summed E-state index contributed by atoms with van der Waals surface area (Å²) in [5.41, 5.74) is 0. The zero-order chi connectivity index (χ0) is 61.6. The lowest BCUT2D eigenvalue weighted by atomic mass is 9.97. The first-order valence-electron chi connectivity index (χ1n) is 35.0. The van der Waals surface area contributed by atoms with E-state index in [0.717, 1.165) is 51.4 Å². The van der Waals surface area contributed by atoms with Crippen LogP contribution in [-0.4, -0.2) is 140 Å². The summed E-state index contributed by atoms with van der Waals surface area (Å²) in [6, 6.07) is -0.937. The third-order valence-electron chi connectivity index (χ3n) is 16.9. The van der Waals surface area contributed by atoms with Crippen LogP contribution in [0, 0.1) is 0 Å². The Balaban J connectivity index is 1.58. The van der Waals surface area contributed by atoms with Gasteiger partial charge in [-0.05, 0) is 77.0 Å². The second-order valence-electron chi connectivity index (χ2n) is 24.6. The van der Waals surface area contributed by atoms with E-state index < -0.39 is 86.8 Å². The summed E-state index contributed by atoms with van der Waals surface area (Å²) in [4.78, 5) is 13.3. The van der Waals surface area contributed by atoms with Crippen LogP contribution in [-0.2, 0) is 23.7 Å². The Morgan fingerprint density at radius 3 is 1.24 bits per heavy atom. The van der Waals surface area contributed by atoms with Crippen molar-refractivity contribution in [3.8, 4) is 0 Å². The maximum Gasteiger partial charge on any atom is 0.220 e. The number of carbonyl (C=O) groups excluding carboxylic acids is 1. The van der Waals surface area contributed by atoms with Crippen LogP contribution in [0.2, 0.25) is 0 Å². The van der Waals surface area contributed by atoms with E-state index in [9.17, 15) is 45.6 Å². The Bertz CT molecular complexity index is 1660. The minimum absolute atomic E-state index is 0.251. The van der Waals surface area contributed by atoms with Gasteiger partial charge in [0.25, 0.3) is 0 Å². The van der Waals surface area contributed by atoms with Gasteiger partial charge in [0.1, 0.15) is 48.8 Å². The Kier molecular flexibility index (Phi) is 51.7. The van der Waals surface area contributed by atoms with Gasteiger partial charge in [-0.1, -0.05) is 267 Å². The van der Waals surface area contributed by atoms with Crippen molar-refractivity contribution >= 4 is 5.91 Å². The fraction of sp³-hybridized carbons (Fsp3) is 0.845. The highest BCUT2D eigenvalue weighted by Crippen LogP contribution is 2.30. The molecule has 0 aromatic heterocycles. The van der Waals surface area contributed by atoms with Crippen LogP contribution in [0.25, 0.3) is 0 Å². The highest BCUT2D eigenvalue weighted by atomic mass is 16.7. The maximum absolute atomic E-state index is 13.3. The number of ether oxygens (including phenoxy) is 4. The first-order chi connectivity index (χ1) is 41.6. The number of hydrogen-bond acceptors (Lipinski definition) is 13. The van der Waals surface area contributed by atoms with Crippen molar-refractivity contribution in [2.24, 2.45) is 0 Å². The Labute approximate surface area is 517 Å². The summed E-state index contributed by atoms with van der Waals surface area (Å²) in [5, 5.41) is 87.2.